The third kappa shape index (κ3) is 4.19. The molecule has 1 aliphatic heterocycles. The van der Waals surface area contributed by atoms with Crippen LogP contribution in [-0.2, 0) is 9.53 Å². The minimum Gasteiger partial charge on any atom is -0.494 e. The van der Waals surface area contributed by atoms with Crippen LogP contribution in [0.2, 0.25) is 0 Å². The molecule has 0 spiro atoms. The number of rotatable bonds is 6. The molecule has 1 heterocycles. The molecule has 2 rings (SSSR count). The van der Waals surface area contributed by atoms with E-state index < -0.39 is 5.97 Å². The third-order valence-corrected chi connectivity index (χ3v) is 3.85. The van der Waals surface area contributed by atoms with Crippen LogP contribution in [0, 0.1) is 0 Å². The molecule has 2 unspecified atom stereocenters. The van der Waals surface area contributed by atoms with Crippen molar-refractivity contribution >= 4 is 5.97 Å². The van der Waals surface area contributed by atoms with Crippen molar-refractivity contribution in [3.63, 3.8) is 0 Å². The summed E-state index contributed by atoms with van der Waals surface area (Å²) in [6.07, 6.45) is 0.112. The van der Waals surface area contributed by atoms with Crippen molar-refractivity contribution in [1.82, 2.24) is 4.90 Å². The smallest absolute Gasteiger partial charge is 0.305 e. The first-order valence-corrected chi connectivity index (χ1v) is 7.40. The Kier molecular flexibility index (Phi) is 5.59. The molecule has 5 nitrogen and oxygen atoms in total. The molecule has 2 atom stereocenters. The minimum atomic E-state index is -0.783. The van der Waals surface area contributed by atoms with E-state index in [0.717, 1.165) is 17.9 Å². The second-order valence-corrected chi connectivity index (χ2v) is 5.24. The summed E-state index contributed by atoms with van der Waals surface area (Å²) in [5, 5.41) is 9.03. The lowest BCUT2D eigenvalue weighted by atomic mass is 10.0. The maximum absolute atomic E-state index is 11.0. The van der Waals surface area contributed by atoms with Gasteiger partial charge in [-0.25, -0.2) is 0 Å². The van der Waals surface area contributed by atoms with Crippen LogP contribution >= 0.6 is 0 Å². The molecule has 1 aromatic rings. The van der Waals surface area contributed by atoms with Crippen molar-refractivity contribution < 1.29 is 19.4 Å². The largest absolute Gasteiger partial charge is 0.494 e. The van der Waals surface area contributed by atoms with Crippen LogP contribution in [0.15, 0.2) is 24.3 Å². The summed E-state index contributed by atoms with van der Waals surface area (Å²) in [6, 6.07) is 8.10. The zero-order valence-corrected chi connectivity index (χ0v) is 12.6. The van der Waals surface area contributed by atoms with Crippen LogP contribution in [0.3, 0.4) is 0 Å². The predicted octanol–water partition coefficient (Wildman–Crippen LogP) is 2.32. The molecule has 1 N–H and O–H groups in total. The van der Waals surface area contributed by atoms with Crippen LogP contribution in [0.25, 0.3) is 0 Å². The number of nitrogens with zero attached hydrogens (tertiary/aromatic N) is 1. The molecule has 0 bridgehead atoms. The van der Waals surface area contributed by atoms with Gasteiger partial charge in [0.25, 0.3) is 0 Å². The van der Waals surface area contributed by atoms with E-state index in [0.29, 0.717) is 19.8 Å². The van der Waals surface area contributed by atoms with E-state index in [9.17, 15) is 4.79 Å². The zero-order valence-electron chi connectivity index (χ0n) is 12.6. The molecule has 1 aliphatic rings. The van der Waals surface area contributed by atoms with Crippen molar-refractivity contribution in [2.45, 2.75) is 32.4 Å². The summed E-state index contributed by atoms with van der Waals surface area (Å²) in [5.74, 6) is 0.0758. The van der Waals surface area contributed by atoms with Gasteiger partial charge >= 0.3 is 5.97 Å². The van der Waals surface area contributed by atoms with Crippen molar-refractivity contribution in [3.8, 4) is 5.75 Å². The van der Waals surface area contributed by atoms with Crippen molar-refractivity contribution in [1.29, 1.82) is 0 Å². The Labute approximate surface area is 125 Å². The number of carbonyl (C=O) groups is 1. The number of aliphatic carboxylic acids is 1. The lowest BCUT2D eigenvalue weighted by Gasteiger charge is -2.39. The number of carboxylic acid groups (broad SMARTS) is 1. The van der Waals surface area contributed by atoms with Gasteiger partial charge in [-0.2, -0.15) is 0 Å². The Hall–Kier alpha value is -1.59. The summed E-state index contributed by atoms with van der Waals surface area (Å²) in [6.45, 7) is 6.60. The van der Waals surface area contributed by atoms with Crippen molar-refractivity contribution in [2.24, 2.45) is 0 Å². The molecule has 5 heteroatoms. The molecular weight excluding hydrogens is 270 g/mol. The Balaban J connectivity index is 2.08. The summed E-state index contributed by atoms with van der Waals surface area (Å²) in [7, 11) is 0. The van der Waals surface area contributed by atoms with Crippen LogP contribution < -0.4 is 4.74 Å². The highest BCUT2D eigenvalue weighted by Crippen LogP contribution is 2.27. The van der Waals surface area contributed by atoms with E-state index in [2.05, 4.69) is 11.8 Å². The van der Waals surface area contributed by atoms with Crippen LogP contribution in [0.1, 0.15) is 31.9 Å². The molecule has 0 aromatic heterocycles. The van der Waals surface area contributed by atoms with Gasteiger partial charge < -0.3 is 14.6 Å². The topological polar surface area (TPSA) is 59.0 Å². The quantitative estimate of drug-likeness (QED) is 0.872. The SMILES string of the molecule is CCOc1ccc(C(C)N2CCOCC2CC(=O)O)cc1. The molecule has 1 fully saturated rings. The first-order chi connectivity index (χ1) is 10.1. The van der Waals surface area contributed by atoms with E-state index in [1.807, 2.05) is 31.2 Å². The highest BCUT2D eigenvalue weighted by atomic mass is 16.5. The molecule has 1 saturated heterocycles. The first-order valence-electron chi connectivity index (χ1n) is 7.40. The molecule has 0 saturated carbocycles. The normalized spacial score (nSPS) is 21.0. The fourth-order valence-corrected chi connectivity index (χ4v) is 2.76. The molecule has 0 aliphatic carbocycles. The molecule has 21 heavy (non-hydrogen) atoms. The molecule has 0 radical (unpaired) electrons. The molecular formula is C16H23NO4. The van der Waals surface area contributed by atoms with Gasteiger partial charge in [0.05, 0.1) is 26.2 Å². The molecule has 116 valence electrons. The number of benzene rings is 1. The van der Waals surface area contributed by atoms with Crippen LogP contribution in [-0.4, -0.2) is 48.4 Å². The Morgan fingerprint density at radius 2 is 2.19 bits per heavy atom. The minimum absolute atomic E-state index is 0.0715. The van der Waals surface area contributed by atoms with Gasteiger partial charge in [0, 0.05) is 18.6 Å². The predicted molar refractivity (Wildman–Crippen MR) is 79.6 cm³/mol. The molecule has 1 aromatic carbocycles. The van der Waals surface area contributed by atoms with E-state index >= 15 is 0 Å². The van der Waals surface area contributed by atoms with Gasteiger partial charge in [-0.15, -0.1) is 0 Å². The fourth-order valence-electron chi connectivity index (χ4n) is 2.76. The molecule has 0 amide bonds. The first kappa shape index (κ1) is 15.8. The van der Waals surface area contributed by atoms with Crippen LogP contribution in [0.4, 0.5) is 0 Å². The van der Waals surface area contributed by atoms with E-state index in [1.54, 1.807) is 0 Å². The number of hydrogen-bond acceptors (Lipinski definition) is 4. The highest BCUT2D eigenvalue weighted by molar-refractivity contribution is 5.67. The third-order valence-electron chi connectivity index (χ3n) is 3.85. The fraction of sp³-hybridized carbons (Fsp3) is 0.562. The van der Waals surface area contributed by atoms with Gasteiger partial charge in [0.2, 0.25) is 0 Å². The van der Waals surface area contributed by atoms with E-state index in [-0.39, 0.29) is 18.5 Å². The summed E-state index contributed by atoms with van der Waals surface area (Å²) < 4.78 is 10.9. The van der Waals surface area contributed by atoms with Crippen molar-refractivity contribution in [3.05, 3.63) is 29.8 Å². The Morgan fingerprint density at radius 1 is 1.48 bits per heavy atom. The van der Waals surface area contributed by atoms with Gasteiger partial charge in [0.1, 0.15) is 5.75 Å². The monoisotopic (exact) mass is 293 g/mol. The number of morpholine rings is 1. The summed E-state index contributed by atoms with van der Waals surface area (Å²) in [4.78, 5) is 13.2. The van der Waals surface area contributed by atoms with Gasteiger partial charge in [0.15, 0.2) is 0 Å². The maximum Gasteiger partial charge on any atom is 0.305 e. The van der Waals surface area contributed by atoms with Crippen LogP contribution in [0.5, 0.6) is 5.75 Å². The Morgan fingerprint density at radius 3 is 2.81 bits per heavy atom. The average Bonchev–Trinajstić information content (AvgIpc) is 2.48. The summed E-state index contributed by atoms with van der Waals surface area (Å²) >= 11 is 0. The lowest BCUT2D eigenvalue weighted by molar-refractivity contribution is -0.140. The number of hydrogen-bond donors (Lipinski definition) is 1. The van der Waals surface area contributed by atoms with Gasteiger partial charge in [-0.1, -0.05) is 12.1 Å². The second kappa shape index (κ2) is 7.43. The van der Waals surface area contributed by atoms with Gasteiger partial charge in [-0.3, -0.25) is 9.69 Å². The lowest BCUT2D eigenvalue weighted by Crippen LogP contribution is -2.47. The summed E-state index contributed by atoms with van der Waals surface area (Å²) in [5.41, 5.74) is 1.16. The standard InChI is InChI=1S/C16H23NO4/c1-3-21-15-6-4-13(5-7-15)12(2)17-8-9-20-11-14(17)10-16(18)19/h4-7,12,14H,3,8-11H2,1-2H3,(H,18,19). The average molecular weight is 293 g/mol. The number of ether oxygens (including phenoxy) is 2. The zero-order chi connectivity index (χ0) is 15.2. The maximum atomic E-state index is 11.0. The van der Waals surface area contributed by atoms with Crippen molar-refractivity contribution in [2.75, 3.05) is 26.4 Å². The Bertz CT molecular complexity index is 460. The second-order valence-electron chi connectivity index (χ2n) is 5.24. The highest BCUT2D eigenvalue weighted by Gasteiger charge is 2.29. The van der Waals surface area contributed by atoms with Gasteiger partial charge in [-0.05, 0) is 31.5 Å². The van der Waals surface area contributed by atoms with E-state index in [4.69, 9.17) is 14.6 Å². The number of carboxylic acids is 1. The van der Waals surface area contributed by atoms with E-state index in [1.165, 1.54) is 0 Å².